The van der Waals surface area contributed by atoms with Crippen molar-refractivity contribution in [1.82, 2.24) is 4.90 Å². The summed E-state index contributed by atoms with van der Waals surface area (Å²) >= 11 is 0. The molecule has 1 saturated heterocycles. The largest absolute Gasteiger partial charge is 0.329 e. The van der Waals surface area contributed by atoms with Crippen LogP contribution >= 0.6 is 0 Å². The molecule has 0 aromatic heterocycles. The van der Waals surface area contributed by atoms with Crippen molar-refractivity contribution in [2.45, 2.75) is 31.3 Å². The molecule has 1 saturated carbocycles. The maximum Gasteiger partial charge on any atom is 0.269 e. The standard InChI is InChI=1S/C12H12N2O3/c15-12(13-10-2-1-3-11(10)13)8-4-6-9(7-5-8)14(16)17/h4-7,10-11H,1-3H2/t10-,11-/m0/s1. The minimum absolute atomic E-state index is 0.00889. The first-order valence-corrected chi connectivity index (χ1v) is 5.75. The van der Waals surface area contributed by atoms with Gasteiger partial charge in [0.1, 0.15) is 0 Å². The third kappa shape index (κ3) is 1.58. The van der Waals surface area contributed by atoms with Crippen LogP contribution in [0.1, 0.15) is 29.6 Å². The topological polar surface area (TPSA) is 63.2 Å². The fourth-order valence-electron chi connectivity index (χ4n) is 2.71. The second kappa shape index (κ2) is 3.55. The van der Waals surface area contributed by atoms with E-state index >= 15 is 0 Å². The molecule has 0 bridgehead atoms. The van der Waals surface area contributed by atoms with Gasteiger partial charge in [-0.05, 0) is 31.4 Å². The number of carbonyl (C=O) groups is 1. The molecule has 5 nitrogen and oxygen atoms in total. The van der Waals surface area contributed by atoms with E-state index in [1.807, 2.05) is 4.90 Å². The van der Waals surface area contributed by atoms with Gasteiger partial charge in [0.15, 0.2) is 0 Å². The smallest absolute Gasteiger partial charge is 0.269 e. The van der Waals surface area contributed by atoms with Crippen molar-refractivity contribution in [2.75, 3.05) is 0 Å². The monoisotopic (exact) mass is 232 g/mol. The molecule has 2 aliphatic rings. The Morgan fingerprint density at radius 3 is 2.35 bits per heavy atom. The van der Waals surface area contributed by atoms with Crippen LogP contribution in [0.3, 0.4) is 0 Å². The zero-order valence-corrected chi connectivity index (χ0v) is 9.20. The highest BCUT2D eigenvalue weighted by atomic mass is 16.6. The van der Waals surface area contributed by atoms with Gasteiger partial charge in [0, 0.05) is 17.7 Å². The van der Waals surface area contributed by atoms with Gasteiger partial charge in [0.05, 0.1) is 17.0 Å². The Balaban J connectivity index is 1.76. The maximum absolute atomic E-state index is 12.1. The molecular weight excluding hydrogens is 220 g/mol. The van der Waals surface area contributed by atoms with Crippen LogP contribution in [0.15, 0.2) is 24.3 Å². The van der Waals surface area contributed by atoms with Crippen LogP contribution in [0, 0.1) is 10.1 Å². The van der Waals surface area contributed by atoms with Crippen LogP contribution in [-0.4, -0.2) is 27.8 Å². The minimum atomic E-state index is -0.458. The van der Waals surface area contributed by atoms with Gasteiger partial charge in [-0.3, -0.25) is 14.9 Å². The molecule has 1 aliphatic heterocycles. The third-order valence-corrected chi connectivity index (χ3v) is 3.63. The molecule has 88 valence electrons. The van der Waals surface area contributed by atoms with Crippen molar-refractivity contribution in [3.05, 3.63) is 39.9 Å². The maximum atomic E-state index is 12.1. The van der Waals surface area contributed by atoms with Crippen molar-refractivity contribution >= 4 is 11.6 Å². The van der Waals surface area contributed by atoms with E-state index in [1.54, 1.807) is 0 Å². The normalized spacial score (nSPS) is 25.5. The predicted octanol–water partition coefficient (Wildman–Crippen LogP) is 1.97. The number of piperidine rings is 1. The lowest BCUT2D eigenvalue weighted by Gasteiger charge is -2.07. The van der Waals surface area contributed by atoms with Crippen LogP contribution in [0.25, 0.3) is 0 Å². The van der Waals surface area contributed by atoms with Crippen molar-refractivity contribution < 1.29 is 9.72 Å². The zero-order chi connectivity index (χ0) is 12.0. The molecule has 0 N–H and O–H groups in total. The Kier molecular flexibility index (Phi) is 2.14. The number of rotatable bonds is 2. The number of nitro groups is 1. The van der Waals surface area contributed by atoms with Gasteiger partial charge in [-0.1, -0.05) is 0 Å². The summed E-state index contributed by atoms with van der Waals surface area (Å²) in [5.41, 5.74) is 0.567. The molecule has 1 heterocycles. The van der Waals surface area contributed by atoms with Gasteiger partial charge in [0.25, 0.3) is 11.6 Å². The van der Waals surface area contributed by atoms with E-state index in [1.165, 1.54) is 30.7 Å². The fraction of sp³-hybridized carbons (Fsp3) is 0.417. The van der Waals surface area contributed by atoms with E-state index in [0.717, 1.165) is 12.8 Å². The number of benzene rings is 1. The van der Waals surface area contributed by atoms with E-state index < -0.39 is 4.92 Å². The summed E-state index contributed by atoms with van der Waals surface area (Å²) in [4.78, 5) is 24.0. The SMILES string of the molecule is O=C(c1ccc([N+](=O)[O-])cc1)N1[C@H]2CCC[C@@H]21. The van der Waals surface area contributed by atoms with Crippen LogP contribution < -0.4 is 0 Å². The van der Waals surface area contributed by atoms with Gasteiger partial charge in [-0.2, -0.15) is 0 Å². The lowest BCUT2D eigenvalue weighted by molar-refractivity contribution is -0.384. The van der Waals surface area contributed by atoms with Crippen LogP contribution in [-0.2, 0) is 0 Å². The van der Waals surface area contributed by atoms with Gasteiger partial charge in [0.2, 0.25) is 0 Å². The summed E-state index contributed by atoms with van der Waals surface area (Å²) in [5, 5.41) is 10.5. The average Bonchev–Trinajstić information content (AvgIpc) is 2.81. The van der Waals surface area contributed by atoms with Crippen molar-refractivity contribution in [3.8, 4) is 0 Å². The molecule has 17 heavy (non-hydrogen) atoms. The Hall–Kier alpha value is -1.91. The molecular formula is C12H12N2O3. The van der Waals surface area contributed by atoms with Crippen LogP contribution in [0.4, 0.5) is 5.69 Å². The molecule has 2 atom stereocenters. The average molecular weight is 232 g/mol. The molecule has 1 aliphatic carbocycles. The van der Waals surface area contributed by atoms with E-state index in [9.17, 15) is 14.9 Å². The summed E-state index contributed by atoms with van der Waals surface area (Å²) in [6.45, 7) is 0. The van der Waals surface area contributed by atoms with Crippen LogP contribution in [0.2, 0.25) is 0 Å². The molecule has 3 rings (SSSR count). The Labute approximate surface area is 98.2 Å². The lowest BCUT2D eigenvalue weighted by Crippen LogP contribution is -2.16. The highest BCUT2D eigenvalue weighted by Crippen LogP contribution is 2.43. The molecule has 0 spiro atoms. The number of carbonyl (C=O) groups excluding carboxylic acids is 1. The van der Waals surface area contributed by atoms with Crippen molar-refractivity contribution in [1.29, 1.82) is 0 Å². The number of fused-ring (bicyclic) bond motifs is 1. The summed E-state index contributed by atoms with van der Waals surface area (Å²) < 4.78 is 0. The predicted molar refractivity (Wildman–Crippen MR) is 60.7 cm³/mol. The quantitative estimate of drug-likeness (QED) is 0.445. The number of nitrogens with zero attached hydrogens (tertiary/aromatic N) is 2. The molecule has 0 radical (unpaired) electrons. The number of non-ortho nitro benzene ring substituents is 1. The van der Waals surface area contributed by atoms with Crippen molar-refractivity contribution in [3.63, 3.8) is 0 Å². The third-order valence-electron chi connectivity index (χ3n) is 3.63. The van der Waals surface area contributed by atoms with Crippen molar-refractivity contribution in [2.24, 2.45) is 0 Å². The highest BCUT2D eigenvalue weighted by Gasteiger charge is 2.53. The van der Waals surface area contributed by atoms with Gasteiger partial charge >= 0.3 is 0 Å². The fourth-order valence-corrected chi connectivity index (χ4v) is 2.71. The molecule has 1 aromatic carbocycles. The summed E-state index contributed by atoms with van der Waals surface area (Å²) in [7, 11) is 0. The summed E-state index contributed by atoms with van der Waals surface area (Å²) in [6.07, 6.45) is 3.41. The summed E-state index contributed by atoms with van der Waals surface area (Å²) in [6, 6.07) is 6.69. The second-order valence-electron chi connectivity index (χ2n) is 4.58. The second-order valence-corrected chi connectivity index (χ2v) is 4.58. The first-order valence-electron chi connectivity index (χ1n) is 5.75. The van der Waals surface area contributed by atoms with Gasteiger partial charge in [-0.25, -0.2) is 0 Å². The zero-order valence-electron chi connectivity index (χ0n) is 9.20. The number of amides is 1. The molecule has 5 heteroatoms. The summed E-state index contributed by atoms with van der Waals surface area (Å²) in [5.74, 6) is 0.00889. The number of hydrogen-bond donors (Lipinski definition) is 0. The Morgan fingerprint density at radius 1 is 1.24 bits per heavy atom. The van der Waals surface area contributed by atoms with E-state index in [0.29, 0.717) is 17.6 Å². The number of hydrogen-bond acceptors (Lipinski definition) is 3. The molecule has 2 fully saturated rings. The van der Waals surface area contributed by atoms with E-state index in [4.69, 9.17) is 0 Å². The lowest BCUT2D eigenvalue weighted by atomic mass is 10.2. The molecule has 1 aromatic rings. The Morgan fingerprint density at radius 2 is 1.82 bits per heavy atom. The first kappa shape index (κ1) is 10.3. The Bertz CT molecular complexity index is 473. The number of nitro benzene ring substituents is 1. The number of likely N-dealkylation sites (tertiary alicyclic amines) is 1. The van der Waals surface area contributed by atoms with Crippen LogP contribution in [0.5, 0.6) is 0 Å². The highest BCUT2D eigenvalue weighted by molar-refractivity contribution is 5.96. The van der Waals surface area contributed by atoms with E-state index in [2.05, 4.69) is 0 Å². The van der Waals surface area contributed by atoms with Gasteiger partial charge in [-0.15, -0.1) is 0 Å². The first-order chi connectivity index (χ1) is 8.18. The van der Waals surface area contributed by atoms with Gasteiger partial charge < -0.3 is 4.90 Å². The molecule has 0 unspecified atom stereocenters. The molecule has 1 amide bonds. The van der Waals surface area contributed by atoms with E-state index in [-0.39, 0.29) is 11.6 Å². The minimum Gasteiger partial charge on any atom is -0.329 e.